The summed E-state index contributed by atoms with van der Waals surface area (Å²) in [5.41, 5.74) is 2.66. The monoisotopic (exact) mass is 475 g/mol. The molecular weight excluding hydrogens is 454 g/mol. The Kier molecular flexibility index (Phi) is 7.22. The highest BCUT2D eigenvalue weighted by Crippen LogP contribution is 2.35. The molecule has 1 amide bonds. The molecule has 1 atom stereocenters. The van der Waals surface area contributed by atoms with Gasteiger partial charge in [-0.3, -0.25) is 9.69 Å². The Bertz CT molecular complexity index is 1200. The van der Waals surface area contributed by atoms with Crippen LogP contribution in [0, 0.1) is 0 Å². The zero-order chi connectivity index (χ0) is 23.2. The Balaban J connectivity index is 1.50. The highest BCUT2D eigenvalue weighted by Gasteiger charge is 2.40. The molecule has 0 aliphatic carbocycles. The van der Waals surface area contributed by atoms with Gasteiger partial charge in [-0.1, -0.05) is 96.8 Å². The summed E-state index contributed by atoms with van der Waals surface area (Å²) in [7, 11) is 0. The van der Waals surface area contributed by atoms with E-state index < -0.39 is 17.9 Å². The van der Waals surface area contributed by atoms with E-state index in [1.807, 2.05) is 84.9 Å². The first-order chi connectivity index (χ1) is 16.0. The second kappa shape index (κ2) is 10.5. The molecule has 4 rings (SSSR count). The van der Waals surface area contributed by atoms with E-state index in [9.17, 15) is 14.7 Å². The zero-order valence-electron chi connectivity index (χ0n) is 17.6. The molecule has 0 bridgehead atoms. The summed E-state index contributed by atoms with van der Waals surface area (Å²) in [6.07, 6.45) is 1.90. The van der Waals surface area contributed by atoms with Crippen LogP contribution >= 0.6 is 24.0 Å². The molecule has 3 aromatic rings. The Morgan fingerprint density at radius 1 is 1.00 bits per heavy atom. The third kappa shape index (κ3) is 5.69. The number of thiocarbonyl (C=S) groups is 1. The second-order valence-electron chi connectivity index (χ2n) is 7.44. The molecule has 0 unspecified atom stereocenters. The topological polar surface area (TPSA) is 66.8 Å². The number of carbonyl (C=O) groups is 2. The van der Waals surface area contributed by atoms with E-state index in [-0.39, 0.29) is 10.7 Å². The maximum Gasteiger partial charge on any atom is 0.327 e. The molecule has 1 aliphatic heterocycles. The van der Waals surface area contributed by atoms with Crippen molar-refractivity contribution in [3.8, 4) is 5.75 Å². The summed E-state index contributed by atoms with van der Waals surface area (Å²) in [6.45, 7) is 0.437. The SMILES string of the molecule is O=C(O)[C@H](Cc1ccccc1)N1C(=O)/C(=C/c2cccc(OCc3ccccc3)c2)SC1=S. The standard InChI is InChI=1S/C26H21NO4S2/c28-24-23(16-20-12-7-13-21(14-20)31-17-19-10-5-2-6-11-19)33-26(32)27(24)22(25(29)30)15-18-8-3-1-4-9-18/h1-14,16,22H,15,17H2,(H,29,30)/b23-16-/t22-/m0/s1. The largest absolute Gasteiger partial charge is 0.489 e. The Hall–Kier alpha value is -3.42. The summed E-state index contributed by atoms with van der Waals surface area (Å²) in [6, 6.07) is 25.4. The molecule has 1 saturated heterocycles. The Morgan fingerprint density at radius 2 is 1.67 bits per heavy atom. The fourth-order valence-corrected chi connectivity index (χ4v) is 4.82. The van der Waals surface area contributed by atoms with Crippen LogP contribution in [0.2, 0.25) is 0 Å². The molecule has 3 aromatic carbocycles. The minimum absolute atomic E-state index is 0.179. The van der Waals surface area contributed by atoms with Crippen molar-refractivity contribution in [3.63, 3.8) is 0 Å². The van der Waals surface area contributed by atoms with Gasteiger partial charge < -0.3 is 9.84 Å². The lowest BCUT2D eigenvalue weighted by Gasteiger charge is -2.23. The van der Waals surface area contributed by atoms with Crippen molar-refractivity contribution in [2.75, 3.05) is 0 Å². The number of ether oxygens (including phenoxy) is 1. The highest BCUT2D eigenvalue weighted by atomic mass is 32.2. The van der Waals surface area contributed by atoms with Crippen LogP contribution < -0.4 is 4.74 Å². The molecular formula is C26H21NO4S2. The number of hydrogen-bond acceptors (Lipinski definition) is 5. The quantitative estimate of drug-likeness (QED) is 0.358. The lowest BCUT2D eigenvalue weighted by molar-refractivity contribution is -0.145. The molecule has 1 fully saturated rings. The third-order valence-corrected chi connectivity index (χ3v) is 6.43. The molecule has 1 aliphatic rings. The van der Waals surface area contributed by atoms with Gasteiger partial charge >= 0.3 is 5.97 Å². The first-order valence-electron chi connectivity index (χ1n) is 10.3. The van der Waals surface area contributed by atoms with Crippen LogP contribution in [0.25, 0.3) is 6.08 Å². The van der Waals surface area contributed by atoms with Crippen LogP contribution in [0.1, 0.15) is 16.7 Å². The number of carboxylic acid groups (broad SMARTS) is 1. The molecule has 33 heavy (non-hydrogen) atoms. The zero-order valence-corrected chi connectivity index (χ0v) is 19.2. The van der Waals surface area contributed by atoms with Crippen molar-refractivity contribution in [2.45, 2.75) is 19.1 Å². The summed E-state index contributed by atoms with van der Waals surface area (Å²) < 4.78 is 6.11. The molecule has 0 aromatic heterocycles. The molecule has 0 spiro atoms. The average molecular weight is 476 g/mol. The molecule has 166 valence electrons. The van der Waals surface area contributed by atoms with Gasteiger partial charge in [-0.25, -0.2) is 4.79 Å². The van der Waals surface area contributed by atoms with Gasteiger partial charge in [0.25, 0.3) is 5.91 Å². The van der Waals surface area contributed by atoms with Gasteiger partial charge in [0.05, 0.1) is 4.91 Å². The van der Waals surface area contributed by atoms with Gasteiger partial charge in [-0.2, -0.15) is 0 Å². The van der Waals surface area contributed by atoms with E-state index in [0.29, 0.717) is 17.3 Å². The first kappa shape index (κ1) is 22.8. The fraction of sp³-hybridized carbons (Fsp3) is 0.115. The van der Waals surface area contributed by atoms with Gasteiger partial charge in [0.1, 0.15) is 22.7 Å². The smallest absolute Gasteiger partial charge is 0.327 e. The van der Waals surface area contributed by atoms with Crippen molar-refractivity contribution < 1.29 is 19.4 Å². The number of amides is 1. The van der Waals surface area contributed by atoms with Crippen LogP contribution in [0.15, 0.2) is 89.8 Å². The van der Waals surface area contributed by atoms with Gasteiger partial charge in [0, 0.05) is 6.42 Å². The predicted octanol–water partition coefficient (Wildman–Crippen LogP) is 5.16. The van der Waals surface area contributed by atoms with E-state index >= 15 is 0 Å². The van der Waals surface area contributed by atoms with Gasteiger partial charge in [-0.15, -0.1) is 0 Å². The Labute approximate surface area is 201 Å². The highest BCUT2D eigenvalue weighted by molar-refractivity contribution is 8.26. The number of nitrogens with zero attached hydrogens (tertiary/aromatic N) is 1. The number of thioether (sulfide) groups is 1. The van der Waals surface area contributed by atoms with Crippen LogP contribution in [-0.2, 0) is 22.6 Å². The number of carbonyl (C=O) groups excluding carboxylic acids is 1. The number of carboxylic acids is 1. The van der Waals surface area contributed by atoms with Crippen molar-refractivity contribution in [2.24, 2.45) is 0 Å². The molecule has 0 saturated carbocycles. The van der Waals surface area contributed by atoms with Crippen molar-refractivity contribution in [1.29, 1.82) is 0 Å². The molecule has 0 radical (unpaired) electrons. The van der Waals surface area contributed by atoms with Crippen molar-refractivity contribution in [3.05, 3.63) is 107 Å². The maximum absolute atomic E-state index is 13.1. The fourth-order valence-electron chi connectivity index (χ4n) is 3.46. The van der Waals surface area contributed by atoms with Crippen LogP contribution in [0.4, 0.5) is 0 Å². The summed E-state index contributed by atoms with van der Waals surface area (Å²) in [5.74, 6) is -0.813. The van der Waals surface area contributed by atoms with Crippen LogP contribution in [-0.4, -0.2) is 32.2 Å². The van der Waals surface area contributed by atoms with E-state index in [4.69, 9.17) is 17.0 Å². The lowest BCUT2D eigenvalue weighted by atomic mass is 10.0. The first-order valence-corrected chi connectivity index (χ1v) is 11.5. The summed E-state index contributed by atoms with van der Waals surface area (Å²) >= 11 is 6.50. The normalized spacial score (nSPS) is 15.6. The second-order valence-corrected chi connectivity index (χ2v) is 9.12. The summed E-state index contributed by atoms with van der Waals surface area (Å²) in [4.78, 5) is 26.7. The predicted molar refractivity (Wildman–Crippen MR) is 134 cm³/mol. The molecule has 7 heteroatoms. The Morgan fingerprint density at radius 3 is 2.33 bits per heavy atom. The molecule has 1 N–H and O–H groups in total. The number of rotatable bonds is 8. The van der Waals surface area contributed by atoms with E-state index in [1.54, 1.807) is 6.08 Å². The van der Waals surface area contributed by atoms with Crippen molar-refractivity contribution in [1.82, 2.24) is 4.90 Å². The van der Waals surface area contributed by atoms with Gasteiger partial charge in [0.15, 0.2) is 0 Å². The summed E-state index contributed by atoms with van der Waals surface area (Å²) in [5, 5.41) is 9.80. The number of hydrogen-bond donors (Lipinski definition) is 1. The third-order valence-electron chi connectivity index (χ3n) is 5.10. The van der Waals surface area contributed by atoms with E-state index in [2.05, 4.69) is 0 Å². The minimum Gasteiger partial charge on any atom is -0.489 e. The van der Waals surface area contributed by atoms with Gasteiger partial charge in [-0.05, 0) is 34.9 Å². The van der Waals surface area contributed by atoms with E-state index in [1.165, 1.54) is 4.90 Å². The van der Waals surface area contributed by atoms with E-state index in [0.717, 1.165) is 28.5 Å². The van der Waals surface area contributed by atoms with Crippen LogP contribution in [0.5, 0.6) is 5.75 Å². The minimum atomic E-state index is -1.09. The number of benzene rings is 3. The lowest BCUT2D eigenvalue weighted by Crippen LogP contribution is -2.45. The molecule has 5 nitrogen and oxygen atoms in total. The van der Waals surface area contributed by atoms with Crippen LogP contribution in [0.3, 0.4) is 0 Å². The maximum atomic E-state index is 13.1. The average Bonchev–Trinajstić information content (AvgIpc) is 3.10. The van der Waals surface area contributed by atoms with Crippen molar-refractivity contribution >= 4 is 46.3 Å². The molecule has 1 heterocycles. The van der Waals surface area contributed by atoms with Gasteiger partial charge in [0.2, 0.25) is 0 Å². The number of aliphatic carboxylic acids is 1.